The lowest BCUT2D eigenvalue weighted by atomic mass is 10.2. The van der Waals surface area contributed by atoms with E-state index in [2.05, 4.69) is 0 Å². The van der Waals surface area contributed by atoms with E-state index in [1.807, 2.05) is 46.6 Å². The zero-order valence-corrected chi connectivity index (χ0v) is 15.3. The molecule has 0 spiro atoms. The van der Waals surface area contributed by atoms with Crippen LogP contribution in [0.4, 0.5) is 4.79 Å². The van der Waals surface area contributed by atoms with Crippen LogP contribution in [0.1, 0.15) is 41.5 Å². The molecule has 7 nitrogen and oxygen atoms in total. The van der Waals surface area contributed by atoms with Gasteiger partial charge in [0.25, 0.3) is 0 Å². The van der Waals surface area contributed by atoms with Crippen LogP contribution in [0.25, 0.3) is 0 Å². The van der Waals surface area contributed by atoms with Crippen LogP contribution in [-0.4, -0.2) is 72.6 Å². The number of likely N-dealkylation sites (N-methyl/N-ethyl adjacent to an activating group) is 1. The molecule has 23 heavy (non-hydrogen) atoms. The molecule has 1 rings (SSSR count). The Bertz CT molecular complexity index is 431. The summed E-state index contributed by atoms with van der Waals surface area (Å²) in [6, 6.07) is -0.181. The number of nitrogens with zero attached hydrogens (tertiary/aromatic N) is 2. The number of amides is 1. The quantitative estimate of drug-likeness (QED) is 0.717. The lowest BCUT2D eigenvalue weighted by Gasteiger charge is -2.36. The standard InChI is InChI=1S/C16H30N2O5/c1-8-21-13(19)10-17(7)9-12-11-22-16(5,6)18(12)14(20)23-15(2,3)4/h12H,8-11H2,1-7H3/t12-/m0/s1. The molecular weight excluding hydrogens is 300 g/mol. The molecule has 1 heterocycles. The molecule has 0 aromatic rings. The second kappa shape index (κ2) is 7.49. The molecule has 0 aromatic heterocycles. The average Bonchev–Trinajstić information content (AvgIpc) is 2.62. The van der Waals surface area contributed by atoms with E-state index in [-0.39, 0.29) is 18.6 Å². The van der Waals surface area contributed by atoms with Crippen LogP contribution < -0.4 is 0 Å². The van der Waals surface area contributed by atoms with Gasteiger partial charge in [0.1, 0.15) is 11.3 Å². The zero-order chi connectivity index (χ0) is 17.8. The summed E-state index contributed by atoms with van der Waals surface area (Å²) in [5.41, 5.74) is -1.31. The van der Waals surface area contributed by atoms with E-state index in [1.54, 1.807) is 11.8 Å². The summed E-state index contributed by atoms with van der Waals surface area (Å²) in [7, 11) is 1.81. The van der Waals surface area contributed by atoms with Gasteiger partial charge in [0, 0.05) is 6.54 Å². The van der Waals surface area contributed by atoms with Crippen LogP contribution in [0.2, 0.25) is 0 Å². The van der Waals surface area contributed by atoms with Crippen molar-refractivity contribution in [3.63, 3.8) is 0 Å². The highest BCUT2D eigenvalue weighted by molar-refractivity contribution is 5.71. The van der Waals surface area contributed by atoms with Crippen molar-refractivity contribution in [1.82, 2.24) is 9.80 Å². The van der Waals surface area contributed by atoms with Crippen LogP contribution in [0, 0.1) is 0 Å². The Labute approximate surface area is 138 Å². The third-order valence-corrected chi connectivity index (χ3v) is 3.39. The lowest BCUT2D eigenvalue weighted by Crippen LogP contribution is -2.52. The Morgan fingerprint density at radius 3 is 2.48 bits per heavy atom. The van der Waals surface area contributed by atoms with Crippen molar-refractivity contribution in [2.75, 3.05) is 33.4 Å². The predicted octanol–water partition coefficient (Wildman–Crippen LogP) is 1.85. The van der Waals surface area contributed by atoms with Gasteiger partial charge in [0.15, 0.2) is 0 Å². The number of carbonyl (C=O) groups is 2. The highest BCUT2D eigenvalue weighted by Crippen LogP contribution is 2.29. The maximum atomic E-state index is 12.5. The SMILES string of the molecule is CCOC(=O)CN(C)C[C@H]1COC(C)(C)N1C(=O)OC(C)(C)C. The highest BCUT2D eigenvalue weighted by Gasteiger charge is 2.45. The molecule has 0 N–H and O–H groups in total. The van der Waals surface area contributed by atoms with Crippen molar-refractivity contribution in [2.45, 2.75) is 58.9 Å². The summed E-state index contributed by atoms with van der Waals surface area (Å²) in [5, 5.41) is 0. The van der Waals surface area contributed by atoms with Gasteiger partial charge in [-0.15, -0.1) is 0 Å². The Kier molecular flexibility index (Phi) is 6.41. The summed E-state index contributed by atoms with van der Waals surface area (Å²) in [4.78, 5) is 27.5. The highest BCUT2D eigenvalue weighted by atomic mass is 16.6. The zero-order valence-electron chi connectivity index (χ0n) is 15.3. The van der Waals surface area contributed by atoms with Gasteiger partial charge < -0.3 is 14.2 Å². The van der Waals surface area contributed by atoms with Gasteiger partial charge in [-0.2, -0.15) is 0 Å². The maximum absolute atomic E-state index is 12.5. The van der Waals surface area contributed by atoms with Crippen LogP contribution in [0.3, 0.4) is 0 Å². The van der Waals surface area contributed by atoms with Crippen molar-refractivity contribution in [1.29, 1.82) is 0 Å². The van der Waals surface area contributed by atoms with Gasteiger partial charge >= 0.3 is 12.1 Å². The Morgan fingerprint density at radius 2 is 1.96 bits per heavy atom. The van der Waals surface area contributed by atoms with Crippen molar-refractivity contribution in [3.8, 4) is 0 Å². The Balaban J connectivity index is 2.73. The van der Waals surface area contributed by atoms with Gasteiger partial charge in [0.05, 0.1) is 25.8 Å². The molecule has 1 atom stereocenters. The summed E-state index contributed by atoms with van der Waals surface area (Å²) in [5.74, 6) is -0.281. The van der Waals surface area contributed by atoms with E-state index in [1.165, 1.54) is 0 Å². The summed E-state index contributed by atoms with van der Waals surface area (Å²) >= 11 is 0. The number of ether oxygens (including phenoxy) is 3. The minimum absolute atomic E-state index is 0.174. The third-order valence-electron chi connectivity index (χ3n) is 3.39. The fourth-order valence-electron chi connectivity index (χ4n) is 2.55. The first-order valence-corrected chi connectivity index (χ1v) is 7.96. The molecule has 0 saturated carbocycles. The first-order valence-electron chi connectivity index (χ1n) is 7.96. The molecule has 1 fully saturated rings. The van der Waals surface area contributed by atoms with E-state index in [0.717, 1.165) is 0 Å². The van der Waals surface area contributed by atoms with Crippen molar-refractivity contribution in [2.24, 2.45) is 0 Å². The van der Waals surface area contributed by atoms with Gasteiger partial charge in [0.2, 0.25) is 0 Å². The molecule has 0 aliphatic carbocycles. The number of hydrogen-bond acceptors (Lipinski definition) is 6. The summed E-state index contributed by atoms with van der Waals surface area (Å²) in [6.07, 6.45) is -0.408. The molecule has 1 amide bonds. The van der Waals surface area contributed by atoms with E-state index < -0.39 is 17.4 Å². The summed E-state index contributed by atoms with van der Waals surface area (Å²) in [6.45, 7) is 12.4. The van der Waals surface area contributed by atoms with E-state index in [0.29, 0.717) is 19.8 Å². The number of carbonyl (C=O) groups excluding carboxylic acids is 2. The van der Waals surface area contributed by atoms with E-state index in [9.17, 15) is 9.59 Å². The lowest BCUT2D eigenvalue weighted by molar-refractivity contribution is -0.144. The molecule has 7 heteroatoms. The molecule has 0 aromatic carbocycles. The van der Waals surface area contributed by atoms with Crippen LogP contribution in [-0.2, 0) is 19.0 Å². The molecule has 0 bridgehead atoms. The smallest absolute Gasteiger partial charge is 0.412 e. The first-order chi connectivity index (χ1) is 10.5. The van der Waals surface area contributed by atoms with Crippen LogP contribution in [0.15, 0.2) is 0 Å². The molecule has 0 radical (unpaired) electrons. The normalized spacial score (nSPS) is 20.7. The molecule has 1 aliphatic heterocycles. The second-order valence-electron chi connectivity index (χ2n) is 7.26. The van der Waals surface area contributed by atoms with Crippen molar-refractivity contribution in [3.05, 3.63) is 0 Å². The van der Waals surface area contributed by atoms with Gasteiger partial charge in [-0.05, 0) is 48.6 Å². The van der Waals surface area contributed by atoms with Gasteiger partial charge in [-0.25, -0.2) is 4.79 Å². The molecule has 0 unspecified atom stereocenters. The van der Waals surface area contributed by atoms with Gasteiger partial charge in [-0.1, -0.05) is 0 Å². The summed E-state index contributed by atoms with van der Waals surface area (Å²) < 4.78 is 16.2. The maximum Gasteiger partial charge on any atom is 0.412 e. The predicted molar refractivity (Wildman–Crippen MR) is 86.0 cm³/mol. The van der Waals surface area contributed by atoms with E-state index in [4.69, 9.17) is 14.2 Å². The Hall–Kier alpha value is -1.34. The first kappa shape index (κ1) is 19.7. The monoisotopic (exact) mass is 330 g/mol. The minimum atomic E-state index is -0.738. The number of rotatable bonds is 5. The largest absolute Gasteiger partial charge is 0.465 e. The average molecular weight is 330 g/mol. The third kappa shape index (κ3) is 5.99. The van der Waals surface area contributed by atoms with Crippen molar-refractivity contribution >= 4 is 12.1 Å². The minimum Gasteiger partial charge on any atom is -0.465 e. The molecular formula is C16H30N2O5. The Morgan fingerprint density at radius 1 is 1.35 bits per heavy atom. The second-order valence-corrected chi connectivity index (χ2v) is 7.26. The molecule has 1 aliphatic rings. The molecule has 134 valence electrons. The van der Waals surface area contributed by atoms with E-state index >= 15 is 0 Å². The van der Waals surface area contributed by atoms with Gasteiger partial charge in [-0.3, -0.25) is 14.6 Å². The van der Waals surface area contributed by atoms with Crippen molar-refractivity contribution < 1.29 is 23.8 Å². The topological polar surface area (TPSA) is 68.3 Å². The number of hydrogen-bond donors (Lipinski definition) is 0. The fourth-order valence-corrected chi connectivity index (χ4v) is 2.55. The fraction of sp³-hybridized carbons (Fsp3) is 0.875. The molecule has 1 saturated heterocycles. The van der Waals surface area contributed by atoms with Crippen LogP contribution >= 0.6 is 0 Å². The number of esters is 1. The van der Waals surface area contributed by atoms with Crippen LogP contribution in [0.5, 0.6) is 0 Å².